The summed E-state index contributed by atoms with van der Waals surface area (Å²) in [5.74, 6) is -0.0149. The molecule has 0 saturated heterocycles. The number of aliphatic hydroxyl groups excluding tert-OH is 2. The van der Waals surface area contributed by atoms with E-state index in [9.17, 15) is 19.8 Å². The number of esters is 1. The van der Waals surface area contributed by atoms with E-state index in [1.165, 1.54) is 366 Å². The monoisotopic (exact) mass is 1200 g/mol. The second kappa shape index (κ2) is 74.8. The maximum atomic E-state index is 12.6. The summed E-state index contributed by atoms with van der Waals surface area (Å²) in [5.41, 5.74) is 0. The van der Waals surface area contributed by atoms with Gasteiger partial charge in [-0.1, -0.05) is 378 Å². The number of carbonyl (C=O) groups excluding carboxylic acids is 2. The fourth-order valence-corrected chi connectivity index (χ4v) is 12.5. The number of allylic oxidation sites excluding steroid dienone is 4. The molecule has 6 nitrogen and oxygen atoms in total. The number of carbonyl (C=O) groups is 2. The summed E-state index contributed by atoms with van der Waals surface area (Å²) in [6.07, 6.45) is 95.5. The smallest absolute Gasteiger partial charge is 0.305 e. The van der Waals surface area contributed by atoms with Gasteiger partial charge in [-0.2, -0.15) is 0 Å². The van der Waals surface area contributed by atoms with Crippen molar-refractivity contribution in [3.63, 3.8) is 0 Å². The van der Waals surface area contributed by atoms with E-state index >= 15 is 0 Å². The lowest BCUT2D eigenvalue weighted by molar-refractivity contribution is -0.143. The highest BCUT2D eigenvalue weighted by molar-refractivity contribution is 5.76. The predicted octanol–water partition coefficient (Wildman–Crippen LogP) is 25.7. The van der Waals surface area contributed by atoms with E-state index in [4.69, 9.17) is 4.74 Å². The van der Waals surface area contributed by atoms with E-state index in [1.54, 1.807) is 0 Å². The van der Waals surface area contributed by atoms with Gasteiger partial charge in [0.15, 0.2) is 0 Å². The number of hydrogen-bond donors (Lipinski definition) is 3. The minimum Gasteiger partial charge on any atom is -0.466 e. The van der Waals surface area contributed by atoms with E-state index in [-0.39, 0.29) is 18.5 Å². The Morgan fingerprint density at radius 2 is 0.553 bits per heavy atom. The van der Waals surface area contributed by atoms with Crippen molar-refractivity contribution in [2.24, 2.45) is 0 Å². The minimum absolute atomic E-state index is 0.0122. The number of rotatable bonds is 74. The third-order valence-corrected chi connectivity index (χ3v) is 18.5. The van der Waals surface area contributed by atoms with Gasteiger partial charge in [0, 0.05) is 12.8 Å². The first kappa shape index (κ1) is 83.3. The van der Waals surface area contributed by atoms with Gasteiger partial charge in [0.1, 0.15) is 0 Å². The van der Waals surface area contributed by atoms with E-state index in [0.717, 1.165) is 44.9 Å². The molecule has 0 aliphatic heterocycles. The fourth-order valence-electron chi connectivity index (χ4n) is 12.5. The SMILES string of the molecule is CCCCCCCCC/C=C\CCCCCCCC(=O)OCCCCCCCCCCCCCC/C=C\CCCCCCCCCCCCCCCCCCCC(=O)NC(CO)C(O)CCCCCCCCCCCCCCCCCCCCC. The lowest BCUT2D eigenvalue weighted by Gasteiger charge is -2.22. The van der Waals surface area contributed by atoms with Gasteiger partial charge >= 0.3 is 5.97 Å². The maximum absolute atomic E-state index is 12.6. The van der Waals surface area contributed by atoms with Crippen molar-refractivity contribution < 1.29 is 24.5 Å². The van der Waals surface area contributed by atoms with Crippen LogP contribution in [0.15, 0.2) is 24.3 Å². The lowest BCUT2D eigenvalue weighted by atomic mass is 10.0. The van der Waals surface area contributed by atoms with Crippen molar-refractivity contribution in [1.29, 1.82) is 0 Å². The average Bonchev–Trinajstić information content (AvgIpc) is 3.51. The molecule has 0 radical (unpaired) electrons. The number of amides is 1. The Labute approximate surface area is 532 Å². The van der Waals surface area contributed by atoms with Gasteiger partial charge in [0.05, 0.1) is 25.4 Å². The molecule has 0 aromatic carbocycles. The zero-order valence-corrected chi connectivity index (χ0v) is 57.9. The van der Waals surface area contributed by atoms with Gasteiger partial charge < -0.3 is 20.3 Å². The molecule has 0 heterocycles. The Balaban J connectivity index is 3.34. The molecule has 0 aliphatic rings. The highest BCUT2D eigenvalue weighted by atomic mass is 16.5. The first-order valence-corrected chi connectivity index (χ1v) is 39.1. The Morgan fingerprint density at radius 1 is 0.318 bits per heavy atom. The highest BCUT2D eigenvalue weighted by Crippen LogP contribution is 2.20. The molecule has 85 heavy (non-hydrogen) atoms. The predicted molar refractivity (Wildman–Crippen MR) is 375 cm³/mol. The molecule has 0 fully saturated rings. The summed E-state index contributed by atoms with van der Waals surface area (Å²) in [4.78, 5) is 24.6. The molecule has 6 heteroatoms. The van der Waals surface area contributed by atoms with Crippen molar-refractivity contribution in [2.75, 3.05) is 13.2 Å². The van der Waals surface area contributed by atoms with Crippen LogP contribution in [0.25, 0.3) is 0 Å². The summed E-state index contributed by atoms with van der Waals surface area (Å²) in [7, 11) is 0. The molecule has 2 unspecified atom stereocenters. The molecule has 0 aromatic heterocycles. The second-order valence-electron chi connectivity index (χ2n) is 27.0. The van der Waals surface area contributed by atoms with Gasteiger partial charge in [0.25, 0.3) is 0 Å². The molecule has 0 aliphatic carbocycles. The molecule has 0 rings (SSSR count). The van der Waals surface area contributed by atoms with Gasteiger partial charge in [-0.25, -0.2) is 0 Å². The van der Waals surface area contributed by atoms with Crippen LogP contribution in [-0.2, 0) is 14.3 Å². The Bertz CT molecular complexity index is 1330. The summed E-state index contributed by atoms with van der Waals surface area (Å²) < 4.78 is 5.50. The van der Waals surface area contributed by atoms with E-state index in [2.05, 4.69) is 43.5 Å². The third-order valence-electron chi connectivity index (χ3n) is 18.5. The summed E-state index contributed by atoms with van der Waals surface area (Å²) >= 11 is 0. The summed E-state index contributed by atoms with van der Waals surface area (Å²) in [5, 5.41) is 23.4. The molecule has 0 bridgehead atoms. The number of nitrogens with one attached hydrogen (secondary N) is 1. The molecule has 504 valence electrons. The van der Waals surface area contributed by atoms with Crippen LogP contribution in [0, 0.1) is 0 Å². The van der Waals surface area contributed by atoms with Crippen molar-refractivity contribution in [2.45, 2.75) is 456 Å². The molecule has 2 atom stereocenters. The van der Waals surface area contributed by atoms with Crippen molar-refractivity contribution in [3.05, 3.63) is 24.3 Å². The molecule has 3 N–H and O–H groups in total. The number of aliphatic hydroxyl groups is 2. The topological polar surface area (TPSA) is 95.9 Å². The zero-order valence-electron chi connectivity index (χ0n) is 57.9. The van der Waals surface area contributed by atoms with E-state index in [0.29, 0.717) is 25.9 Å². The van der Waals surface area contributed by atoms with Crippen LogP contribution < -0.4 is 5.32 Å². The van der Waals surface area contributed by atoms with Gasteiger partial charge in [-0.05, 0) is 77.0 Å². The van der Waals surface area contributed by atoms with Crippen molar-refractivity contribution >= 4 is 11.9 Å². The average molecular weight is 1200 g/mol. The molecule has 1 amide bonds. The Hall–Kier alpha value is -1.66. The van der Waals surface area contributed by atoms with Crippen LogP contribution in [0.2, 0.25) is 0 Å². The lowest BCUT2D eigenvalue weighted by Crippen LogP contribution is -2.45. The molecular formula is C79H153NO5. The first-order chi connectivity index (χ1) is 42.0. The van der Waals surface area contributed by atoms with E-state index in [1.807, 2.05) is 0 Å². The fraction of sp³-hybridized carbons (Fsp3) is 0.924. The largest absolute Gasteiger partial charge is 0.466 e. The molecule has 0 saturated carbocycles. The summed E-state index contributed by atoms with van der Waals surface area (Å²) in [6.45, 7) is 5.00. The zero-order chi connectivity index (χ0) is 61.3. The van der Waals surface area contributed by atoms with Crippen LogP contribution in [-0.4, -0.2) is 47.4 Å². The van der Waals surface area contributed by atoms with Gasteiger partial charge in [0.2, 0.25) is 5.91 Å². The summed E-state index contributed by atoms with van der Waals surface area (Å²) in [6, 6.07) is -0.540. The quantitative estimate of drug-likeness (QED) is 0.0320. The first-order valence-electron chi connectivity index (χ1n) is 39.1. The van der Waals surface area contributed by atoms with Gasteiger partial charge in [-0.15, -0.1) is 0 Å². The van der Waals surface area contributed by atoms with Crippen LogP contribution in [0.5, 0.6) is 0 Å². The number of unbranched alkanes of at least 4 members (excludes halogenated alkanes) is 59. The van der Waals surface area contributed by atoms with Gasteiger partial charge in [-0.3, -0.25) is 9.59 Å². The van der Waals surface area contributed by atoms with Crippen LogP contribution in [0.4, 0.5) is 0 Å². The van der Waals surface area contributed by atoms with Crippen LogP contribution in [0.3, 0.4) is 0 Å². The molecule has 0 spiro atoms. The third kappa shape index (κ3) is 71.3. The van der Waals surface area contributed by atoms with E-state index < -0.39 is 12.1 Å². The molecule has 0 aromatic rings. The van der Waals surface area contributed by atoms with Crippen LogP contribution >= 0.6 is 0 Å². The van der Waals surface area contributed by atoms with Crippen molar-refractivity contribution in [3.8, 4) is 0 Å². The second-order valence-corrected chi connectivity index (χ2v) is 27.0. The standard InChI is InChI=1S/C79H153NO5/c1-3-5-7-9-11-13-15-17-19-21-37-40-43-47-51-55-59-63-67-71-77(82)76(75-81)80-78(83)72-68-64-60-56-52-48-44-41-38-35-33-31-29-27-25-23-22-24-26-28-30-32-34-36-39-42-46-50-54-58-62-66-70-74-85-79(84)73-69-65-61-57-53-49-45-20-18-16-14-12-10-8-6-4-2/h20,26,28,45,76-77,81-82H,3-19,21-25,27,29-44,46-75H2,1-2H3,(H,80,83)/b28-26-,45-20-. The normalized spacial score (nSPS) is 12.6. The minimum atomic E-state index is -0.663. The van der Waals surface area contributed by atoms with Crippen molar-refractivity contribution in [1.82, 2.24) is 5.32 Å². The highest BCUT2D eigenvalue weighted by Gasteiger charge is 2.20. The number of hydrogen-bond acceptors (Lipinski definition) is 5. The molecular weight excluding hydrogens is 1040 g/mol. The van der Waals surface area contributed by atoms with Crippen LogP contribution in [0.1, 0.15) is 444 Å². The Morgan fingerprint density at radius 3 is 0.835 bits per heavy atom. The maximum Gasteiger partial charge on any atom is 0.305 e. The Kier molecular flexibility index (Phi) is 73.3. The number of ether oxygens (including phenoxy) is 1.